The van der Waals surface area contributed by atoms with Crippen molar-refractivity contribution in [3.63, 3.8) is 0 Å². The Bertz CT molecular complexity index is 529. The maximum atomic E-state index is 12.2. The second kappa shape index (κ2) is 6.59. The van der Waals surface area contributed by atoms with Crippen molar-refractivity contribution in [2.24, 2.45) is 5.92 Å². The summed E-state index contributed by atoms with van der Waals surface area (Å²) in [6.45, 7) is 6.07. The molecule has 108 valence electrons. The fourth-order valence-electron chi connectivity index (χ4n) is 1.73. The minimum atomic E-state index is -3.59. The van der Waals surface area contributed by atoms with E-state index in [1.807, 2.05) is 6.92 Å². The molecule has 0 aliphatic carbocycles. The minimum Gasteiger partial charge on any atom is -0.398 e. The van der Waals surface area contributed by atoms with Crippen LogP contribution in [0.25, 0.3) is 0 Å². The second-order valence-electron chi connectivity index (χ2n) is 5.18. The van der Waals surface area contributed by atoms with Gasteiger partial charge in [-0.1, -0.05) is 25.4 Å². The van der Waals surface area contributed by atoms with Gasteiger partial charge in [-0.05, 0) is 43.9 Å². The van der Waals surface area contributed by atoms with E-state index >= 15 is 0 Å². The highest BCUT2D eigenvalue weighted by Crippen LogP contribution is 2.22. The zero-order valence-corrected chi connectivity index (χ0v) is 13.1. The quantitative estimate of drug-likeness (QED) is 0.793. The number of nitrogens with one attached hydrogen (secondary N) is 1. The van der Waals surface area contributed by atoms with Crippen molar-refractivity contribution in [3.8, 4) is 0 Å². The summed E-state index contributed by atoms with van der Waals surface area (Å²) in [5.41, 5.74) is 5.86. The maximum Gasteiger partial charge on any atom is 0.242 e. The zero-order chi connectivity index (χ0) is 14.6. The van der Waals surface area contributed by atoms with Crippen LogP contribution in [0.5, 0.6) is 0 Å². The fraction of sp³-hybridized carbons (Fsp3) is 0.538. The average molecular weight is 305 g/mol. The van der Waals surface area contributed by atoms with Crippen molar-refractivity contribution in [2.75, 3.05) is 5.73 Å². The first-order chi connectivity index (χ1) is 8.72. The van der Waals surface area contributed by atoms with Crippen LogP contribution in [0.2, 0.25) is 5.02 Å². The summed E-state index contributed by atoms with van der Waals surface area (Å²) in [5, 5.41) is 0.421. The molecule has 0 aromatic heterocycles. The number of anilines is 1. The van der Waals surface area contributed by atoms with Crippen LogP contribution in [-0.4, -0.2) is 14.5 Å². The summed E-state index contributed by atoms with van der Waals surface area (Å²) < 4.78 is 27.0. The van der Waals surface area contributed by atoms with Crippen LogP contribution in [0.3, 0.4) is 0 Å². The number of sulfonamides is 1. The van der Waals surface area contributed by atoms with E-state index in [1.54, 1.807) is 0 Å². The Hall–Kier alpha value is -0.780. The largest absolute Gasteiger partial charge is 0.398 e. The van der Waals surface area contributed by atoms with Crippen LogP contribution in [0.1, 0.15) is 33.6 Å². The highest BCUT2D eigenvalue weighted by molar-refractivity contribution is 7.89. The Morgan fingerprint density at radius 2 is 1.89 bits per heavy atom. The van der Waals surface area contributed by atoms with E-state index in [9.17, 15) is 8.42 Å². The lowest BCUT2D eigenvalue weighted by Gasteiger charge is -2.16. The predicted octanol–water partition coefficient (Wildman–Crippen LogP) is 3.03. The summed E-state index contributed by atoms with van der Waals surface area (Å²) in [6.07, 6.45) is 1.77. The van der Waals surface area contributed by atoms with Gasteiger partial charge >= 0.3 is 0 Å². The van der Waals surface area contributed by atoms with E-state index in [2.05, 4.69) is 18.6 Å². The summed E-state index contributed by atoms with van der Waals surface area (Å²) in [7, 11) is -3.59. The molecule has 19 heavy (non-hydrogen) atoms. The molecule has 0 spiro atoms. The highest BCUT2D eigenvalue weighted by Gasteiger charge is 2.20. The van der Waals surface area contributed by atoms with E-state index in [0.717, 1.165) is 12.8 Å². The monoisotopic (exact) mass is 304 g/mol. The fourth-order valence-corrected chi connectivity index (χ4v) is 3.31. The molecule has 6 heteroatoms. The lowest BCUT2D eigenvalue weighted by Crippen LogP contribution is -2.33. The Morgan fingerprint density at radius 3 is 2.42 bits per heavy atom. The van der Waals surface area contributed by atoms with Gasteiger partial charge in [0.1, 0.15) is 4.90 Å². The summed E-state index contributed by atoms with van der Waals surface area (Å²) in [6, 6.07) is 4.26. The molecular formula is C13H21ClN2O2S. The number of benzene rings is 1. The molecule has 1 aromatic carbocycles. The highest BCUT2D eigenvalue weighted by atomic mass is 35.5. The van der Waals surface area contributed by atoms with Gasteiger partial charge in [0, 0.05) is 11.1 Å². The average Bonchev–Trinajstić information content (AvgIpc) is 2.25. The van der Waals surface area contributed by atoms with E-state index in [0.29, 0.717) is 10.9 Å². The lowest BCUT2D eigenvalue weighted by atomic mass is 10.1. The van der Waals surface area contributed by atoms with Crippen molar-refractivity contribution in [1.82, 2.24) is 4.72 Å². The molecule has 0 amide bonds. The van der Waals surface area contributed by atoms with Gasteiger partial charge in [-0.3, -0.25) is 0 Å². The van der Waals surface area contributed by atoms with E-state index in [4.69, 9.17) is 17.3 Å². The summed E-state index contributed by atoms with van der Waals surface area (Å²) in [5.74, 6) is 0.549. The van der Waals surface area contributed by atoms with Crippen LogP contribution in [0.4, 0.5) is 5.69 Å². The van der Waals surface area contributed by atoms with Crippen LogP contribution < -0.4 is 10.5 Å². The maximum absolute atomic E-state index is 12.2. The number of nitrogens with two attached hydrogens (primary N) is 1. The molecular weight excluding hydrogens is 284 g/mol. The third-order valence-electron chi connectivity index (χ3n) is 2.79. The number of hydrogen-bond donors (Lipinski definition) is 2. The van der Waals surface area contributed by atoms with Gasteiger partial charge < -0.3 is 5.73 Å². The predicted molar refractivity (Wildman–Crippen MR) is 79.7 cm³/mol. The van der Waals surface area contributed by atoms with Crippen molar-refractivity contribution in [1.29, 1.82) is 0 Å². The molecule has 1 atom stereocenters. The molecule has 0 bridgehead atoms. The first-order valence-electron chi connectivity index (χ1n) is 6.29. The van der Waals surface area contributed by atoms with Crippen LogP contribution in [0.15, 0.2) is 23.1 Å². The molecule has 0 aliphatic rings. The van der Waals surface area contributed by atoms with E-state index in [1.165, 1.54) is 18.2 Å². The molecule has 3 N–H and O–H groups in total. The number of halogens is 1. The van der Waals surface area contributed by atoms with E-state index in [-0.39, 0.29) is 16.6 Å². The molecule has 0 fully saturated rings. The smallest absolute Gasteiger partial charge is 0.242 e. The third-order valence-corrected chi connectivity index (χ3v) is 4.69. The van der Waals surface area contributed by atoms with Gasteiger partial charge in [-0.25, -0.2) is 13.1 Å². The Labute approximate surface area is 120 Å². The Kier molecular flexibility index (Phi) is 5.64. The molecule has 0 heterocycles. The molecule has 1 aromatic rings. The van der Waals surface area contributed by atoms with Gasteiger partial charge in [0.05, 0.1) is 5.69 Å². The molecule has 4 nitrogen and oxygen atoms in total. The number of nitrogen functional groups attached to an aromatic ring is 1. The minimum absolute atomic E-state index is 0.0771. The normalized spacial score (nSPS) is 13.7. The van der Waals surface area contributed by atoms with Crippen LogP contribution >= 0.6 is 11.6 Å². The molecule has 0 radical (unpaired) electrons. The third kappa shape index (κ3) is 5.01. The van der Waals surface area contributed by atoms with Gasteiger partial charge in [-0.15, -0.1) is 0 Å². The Morgan fingerprint density at radius 1 is 1.26 bits per heavy atom. The topological polar surface area (TPSA) is 72.2 Å². The molecule has 1 rings (SSSR count). The van der Waals surface area contributed by atoms with E-state index < -0.39 is 10.0 Å². The number of rotatable bonds is 6. The molecule has 1 unspecified atom stereocenters. The second-order valence-corrected chi connectivity index (χ2v) is 7.29. The van der Waals surface area contributed by atoms with Gasteiger partial charge in [-0.2, -0.15) is 0 Å². The molecule has 0 saturated heterocycles. The van der Waals surface area contributed by atoms with Crippen molar-refractivity contribution < 1.29 is 8.42 Å². The first kappa shape index (κ1) is 16.3. The summed E-state index contributed by atoms with van der Waals surface area (Å²) >= 11 is 5.76. The molecule has 0 saturated carbocycles. The van der Waals surface area contributed by atoms with Gasteiger partial charge in [0.2, 0.25) is 10.0 Å². The van der Waals surface area contributed by atoms with Crippen molar-refractivity contribution in [2.45, 2.75) is 44.6 Å². The standard InChI is InChI=1S/C13H21ClN2O2S/c1-9(2)4-5-10(3)16-19(17,18)13-7-6-11(14)8-12(13)15/h6-10,16H,4-5,15H2,1-3H3. The number of hydrogen-bond acceptors (Lipinski definition) is 3. The van der Waals surface area contributed by atoms with Crippen molar-refractivity contribution >= 4 is 27.3 Å². The lowest BCUT2D eigenvalue weighted by molar-refractivity contribution is 0.485. The summed E-state index contributed by atoms with van der Waals surface area (Å²) in [4.78, 5) is 0.0771. The molecule has 0 aliphatic heterocycles. The van der Waals surface area contributed by atoms with Gasteiger partial charge in [0.15, 0.2) is 0 Å². The SMILES string of the molecule is CC(C)CCC(C)NS(=O)(=O)c1ccc(Cl)cc1N. The van der Waals surface area contributed by atoms with Crippen LogP contribution in [0, 0.1) is 5.92 Å². The Balaban J connectivity index is 2.81. The first-order valence-corrected chi connectivity index (χ1v) is 8.16. The van der Waals surface area contributed by atoms with Crippen molar-refractivity contribution in [3.05, 3.63) is 23.2 Å². The zero-order valence-electron chi connectivity index (χ0n) is 11.5. The van der Waals surface area contributed by atoms with Crippen LogP contribution in [-0.2, 0) is 10.0 Å². The van der Waals surface area contributed by atoms with Gasteiger partial charge in [0.25, 0.3) is 0 Å².